The summed E-state index contributed by atoms with van der Waals surface area (Å²) < 4.78 is 3.22. The molecule has 6 heteroatoms. The summed E-state index contributed by atoms with van der Waals surface area (Å²) in [5.74, 6) is 0. The molecule has 0 radical (unpaired) electrons. The van der Waals surface area contributed by atoms with Crippen LogP contribution in [0.25, 0.3) is 5.70 Å². The molecular weight excluding hydrogens is 292 g/mol. The standard InChI is InChI=1S/C17H26N4O2/c1-8-9-10-11-12(2)21-15(22)14(13(3)20(21)7)18-16(23)19-17(4,5)6/h8-11H,1H2,2-7H3,(H2,18,19,23)/b10-9-,12-11+. The third-order valence-electron chi connectivity index (χ3n) is 3.20. The van der Waals surface area contributed by atoms with Crippen LogP contribution in [0.15, 0.2) is 35.7 Å². The molecule has 0 aliphatic heterocycles. The number of rotatable bonds is 4. The Morgan fingerprint density at radius 2 is 1.87 bits per heavy atom. The minimum atomic E-state index is -0.399. The first-order chi connectivity index (χ1) is 10.6. The zero-order valence-corrected chi connectivity index (χ0v) is 14.7. The van der Waals surface area contributed by atoms with E-state index in [4.69, 9.17) is 0 Å². The molecule has 0 spiro atoms. The third kappa shape index (κ3) is 4.74. The molecule has 1 aromatic heterocycles. The van der Waals surface area contributed by atoms with Crippen molar-refractivity contribution in [2.75, 3.05) is 5.32 Å². The van der Waals surface area contributed by atoms with Crippen molar-refractivity contribution in [1.29, 1.82) is 0 Å². The fourth-order valence-electron chi connectivity index (χ4n) is 2.08. The second-order valence-electron chi connectivity index (χ2n) is 6.36. The molecule has 126 valence electrons. The Morgan fingerprint density at radius 1 is 1.26 bits per heavy atom. The van der Waals surface area contributed by atoms with Crippen molar-refractivity contribution >= 4 is 17.4 Å². The van der Waals surface area contributed by atoms with Gasteiger partial charge >= 0.3 is 6.03 Å². The van der Waals surface area contributed by atoms with Crippen LogP contribution in [-0.2, 0) is 7.05 Å². The normalized spacial score (nSPS) is 12.5. The lowest BCUT2D eigenvalue weighted by Crippen LogP contribution is -2.43. The van der Waals surface area contributed by atoms with Crippen molar-refractivity contribution in [3.8, 4) is 0 Å². The van der Waals surface area contributed by atoms with Crippen LogP contribution in [0.5, 0.6) is 0 Å². The molecule has 0 saturated heterocycles. The molecule has 1 heterocycles. The summed E-state index contributed by atoms with van der Waals surface area (Å²) in [6.07, 6.45) is 7.05. The van der Waals surface area contributed by atoms with Gasteiger partial charge in [-0.25, -0.2) is 9.48 Å². The first-order valence-electron chi connectivity index (χ1n) is 7.42. The summed E-state index contributed by atoms with van der Waals surface area (Å²) in [6.45, 7) is 12.8. The van der Waals surface area contributed by atoms with Gasteiger partial charge in [-0.2, -0.15) is 0 Å². The Hall–Kier alpha value is -2.50. The van der Waals surface area contributed by atoms with Gasteiger partial charge in [0.2, 0.25) is 0 Å². The summed E-state index contributed by atoms with van der Waals surface area (Å²) >= 11 is 0. The van der Waals surface area contributed by atoms with E-state index in [1.807, 2.05) is 33.8 Å². The molecule has 0 aliphatic carbocycles. The van der Waals surface area contributed by atoms with Gasteiger partial charge in [0.25, 0.3) is 5.56 Å². The van der Waals surface area contributed by atoms with E-state index in [9.17, 15) is 9.59 Å². The number of carbonyl (C=O) groups is 1. The van der Waals surface area contributed by atoms with Gasteiger partial charge in [-0.05, 0) is 40.7 Å². The van der Waals surface area contributed by atoms with Crippen LogP contribution < -0.4 is 16.2 Å². The third-order valence-corrected chi connectivity index (χ3v) is 3.20. The molecule has 23 heavy (non-hydrogen) atoms. The average Bonchev–Trinajstić information content (AvgIpc) is 2.61. The van der Waals surface area contributed by atoms with Crippen LogP contribution in [-0.4, -0.2) is 20.9 Å². The van der Waals surface area contributed by atoms with Crippen molar-refractivity contribution in [3.63, 3.8) is 0 Å². The average molecular weight is 318 g/mol. The Balaban J connectivity index is 3.19. The largest absolute Gasteiger partial charge is 0.333 e. The molecule has 2 amide bonds. The van der Waals surface area contributed by atoms with Crippen LogP contribution in [0.2, 0.25) is 0 Å². The highest BCUT2D eigenvalue weighted by Gasteiger charge is 2.20. The van der Waals surface area contributed by atoms with E-state index < -0.39 is 6.03 Å². The van der Waals surface area contributed by atoms with E-state index in [2.05, 4.69) is 17.2 Å². The molecule has 0 atom stereocenters. The molecule has 2 N–H and O–H groups in total. The predicted molar refractivity (Wildman–Crippen MR) is 95.6 cm³/mol. The number of carbonyl (C=O) groups excluding carboxylic acids is 1. The highest BCUT2D eigenvalue weighted by atomic mass is 16.2. The second kappa shape index (κ2) is 7.17. The fourth-order valence-corrected chi connectivity index (χ4v) is 2.08. The number of amides is 2. The minimum Gasteiger partial charge on any atom is -0.333 e. The topological polar surface area (TPSA) is 68.1 Å². The van der Waals surface area contributed by atoms with E-state index in [0.717, 1.165) is 5.70 Å². The van der Waals surface area contributed by atoms with Gasteiger partial charge in [0.1, 0.15) is 5.69 Å². The Morgan fingerprint density at radius 3 is 2.39 bits per heavy atom. The molecule has 0 saturated carbocycles. The summed E-state index contributed by atoms with van der Waals surface area (Å²) in [4.78, 5) is 24.6. The Labute approximate surface area is 137 Å². The van der Waals surface area contributed by atoms with Crippen LogP contribution in [0, 0.1) is 6.92 Å². The number of allylic oxidation sites excluding steroid dienone is 5. The summed E-state index contributed by atoms with van der Waals surface area (Å²) in [5, 5.41) is 5.43. The Kier molecular flexibility index (Phi) is 5.79. The Bertz CT molecular complexity index is 712. The fraction of sp³-hybridized carbons (Fsp3) is 0.412. The van der Waals surface area contributed by atoms with E-state index in [0.29, 0.717) is 5.69 Å². The van der Waals surface area contributed by atoms with Crippen molar-refractivity contribution in [2.24, 2.45) is 7.05 Å². The van der Waals surface area contributed by atoms with Crippen LogP contribution >= 0.6 is 0 Å². The molecule has 0 unspecified atom stereocenters. The lowest BCUT2D eigenvalue weighted by molar-refractivity contribution is 0.244. The van der Waals surface area contributed by atoms with Crippen molar-refractivity contribution in [3.05, 3.63) is 46.9 Å². The van der Waals surface area contributed by atoms with E-state index >= 15 is 0 Å². The monoisotopic (exact) mass is 318 g/mol. The van der Waals surface area contributed by atoms with Crippen molar-refractivity contribution in [1.82, 2.24) is 14.7 Å². The van der Waals surface area contributed by atoms with Gasteiger partial charge in [-0.3, -0.25) is 9.48 Å². The SMILES string of the molecule is C=C/C=C\C=C(/C)n1c(=O)c(NC(=O)NC(C)(C)C)c(C)n1C. The number of nitrogens with zero attached hydrogens (tertiary/aromatic N) is 2. The van der Waals surface area contributed by atoms with Crippen molar-refractivity contribution in [2.45, 2.75) is 40.2 Å². The number of hydrogen-bond acceptors (Lipinski definition) is 2. The lowest BCUT2D eigenvalue weighted by Gasteiger charge is -2.20. The van der Waals surface area contributed by atoms with Crippen LogP contribution in [0.1, 0.15) is 33.4 Å². The summed E-state index contributed by atoms with van der Waals surface area (Å²) in [6, 6.07) is -0.399. The quantitative estimate of drug-likeness (QED) is 0.838. The molecule has 1 rings (SSSR count). The van der Waals surface area contributed by atoms with Gasteiger partial charge in [-0.15, -0.1) is 0 Å². The number of hydrogen-bond donors (Lipinski definition) is 2. The molecule has 0 bridgehead atoms. The maximum absolute atomic E-state index is 12.6. The first-order valence-corrected chi connectivity index (χ1v) is 7.42. The summed E-state index contributed by atoms with van der Waals surface area (Å²) in [5.41, 5.74) is 1.05. The number of anilines is 1. The number of nitrogens with one attached hydrogen (secondary N) is 2. The van der Waals surface area contributed by atoms with Crippen molar-refractivity contribution < 1.29 is 4.79 Å². The van der Waals surface area contributed by atoms with Gasteiger partial charge in [-0.1, -0.05) is 24.8 Å². The van der Waals surface area contributed by atoms with Gasteiger partial charge in [0.05, 0.1) is 5.69 Å². The van der Waals surface area contributed by atoms with Gasteiger partial charge in [0.15, 0.2) is 0 Å². The maximum Gasteiger partial charge on any atom is 0.319 e. The number of urea groups is 1. The molecule has 0 aromatic carbocycles. The van der Waals surface area contributed by atoms with Gasteiger partial charge in [0, 0.05) is 18.3 Å². The van der Waals surface area contributed by atoms with E-state index in [1.54, 1.807) is 36.9 Å². The number of aromatic nitrogens is 2. The minimum absolute atomic E-state index is 0.269. The zero-order valence-electron chi connectivity index (χ0n) is 14.7. The lowest BCUT2D eigenvalue weighted by atomic mass is 10.1. The molecule has 0 aliphatic rings. The first kappa shape index (κ1) is 18.5. The van der Waals surface area contributed by atoms with Crippen LogP contribution in [0.4, 0.5) is 10.5 Å². The highest BCUT2D eigenvalue weighted by Crippen LogP contribution is 2.13. The highest BCUT2D eigenvalue weighted by molar-refractivity contribution is 5.90. The second-order valence-corrected chi connectivity index (χ2v) is 6.36. The predicted octanol–water partition coefficient (Wildman–Crippen LogP) is 3.02. The molecular formula is C17H26N4O2. The summed E-state index contributed by atoms with van der Waals surface area (Å²) in [7, 11) is 1.78. The maximum atomic E-state index is 12.6. The van der Waals surface area contributed by atoms with E-state index in [-0.39, 0.29) is 16.8 Å². The zero-order chi connectivity index (χ0) is 17.8. The van der Waals surface area contributed by atoms with Gasteiger partial charge < -0.3 is 10.6 Å². The smallest absolute Gasteiger partial charge is 0.319 e. The van der Waals surface area contributed by atoms with Crippen LogP contribution in [0.3, 0.4) is 0 Å². The molecule has 1 aromatic rings. The molecule has 0 fully saturated rings. The van der Waals surface area contributed by atoms with E-state index in [1.165, 1.54) is 4.68 Å². The molecule has 6 nitrogen and oxygen atoms in total.